The summed E-state index contributed by atoms with van der Waals surface area (Å²) in [5.74, 6) is -0.357. The van der Waals surface area contributed by atoms with Gasteiger partial charge in [0.25, 0.3) is 0 Å². The summed E-state index contributed by atoms with van der Waals surface area (Å²) in [7, 11) is -3.57. The van der Waals surface area contributed by atoms with Gasteiger partial charge in [0.1, 0.15) is 0 Å². The van der Waals surface area contributed by atoms with Crippen LogP contribution in [-0.4, -0.2) is 44.0 Å². The maximum Gasteiger partial charge on any atom is 0.243 e. The standard InChI is InChI=1S/C22H27N3O4S/c1-16-9-10-20(30(28,29)25-11-4-3-5-12-25)14-21(16)24-22(27)15-23-19-8-6-7-18(13-19)17(2)26/h6-10,13-14,23H,3-5,11-12,15H2,1-2H3,(H,24,27). The van der Waals surface area contributed by atoms with Gasteiger partial charge >= 0.3 is 0 Å². The van der Waals surface area contributed by atoms with Crippen molar-refractivity contribution >= 4 is 33.1 Å². The predicted molar refractivity (Wildman–Crippen MR) is 117 cm³/mol. The van der Waals surface area contributed by atoms with Crippen molar-refractivity contribution in [1.82, 2.24) is 4.31 Å². The number of ketones is 1. The molecule has 7 nitrogen and oxygen atoms in total. The Bertz CT molecular complexity index is 1040. The molecule has 0 bridgehead atoms. The van der Waals surface area contributed by atoms with Crippen LogP contribution in [0.1, 0.15) is 42.1 Å². The first-order valence-electron chi connectivity index (χ1n) is 10.0. The molecule has 0 saturated carbocycles. The van der Waals surface area contributed by atoms with E-state index in [4.69, 9.17) is 0 Å². The Balaban J connectivity index is 1.68. The van der Waals surface area contributed by atoms with Gasteiger partial charge in [-0.25, -0.2) is 8.42 Å². The molecule has 2 N–H and O–H groups in total. The Morgan fingerprint density at radius 1 is 1.03 bits per heavy atom. The monoisotopic (exact) mass is 429 g/mol. The molecule has 0 radical (unpaired) electrons. The molecule has 1 aliphatic heterocycles. The lowest BCUT2D eigenvalue weighted by Gasteiger charge is -2.26. The predicted octanol–water partition coefficient (Wildman–Crippen LogP) is 3.42. The summed E-state index contributed by atoms with van der Waals surface area (Å²) in [6.07, 6.45) is 2.78. The van der Waals surface area contributed by atoms with Gasteiger partial charge in [0.15, 0.2) is 5.78 Å². The molecule has 3 rings (SSSR count). The zero-order valence-corrected chi connectivity index (χ0v) is 18.1. The number of hydrogen-bond donors (Lipinski definition) is 2. The van der Waals surface area contributed by atoms with Gasteiger partial charge in [0.05, 0.1) is 11.4 Å². The molecule has 1 amide bonds. The van der Waals surface area contributed by atoms with E-state index < -0.39 is 10.0 Å². The second-order valence-electron chi connectivity index (χ2n) is 7.48. The molecule has 1 fully saturated rings. The molecule has 2 aromatic carbocycles. The summed E-state index contributed by atoms with van der Waals surface area (Å²) in [5.41, 5.74) is 2.47. The first kappa shape index (κ1) is 22.0. The number of rotatable bonds is 7. The highest BCUT2D eigenvalue weighted by Crippen LogP contribution is 2.25. The van der Waals surface area contributed by atoms with Crippen molar-refractivity contribution in [3.63, 3.8) is 0 Å². The maximum atomic E-state index is 12.9. The van der Waals surface area contributed by atoms with E-state index in [-0.39, 0.29) is 23.1 Å². The van der Waals surface area contributed by atoms with Crippen LogP contribution in [0, 0.1) is 6.92 Å². The number of carbonyl (C=O) groups is 2. The smallest absolute Gasteiger partial charge is 0.243 e. The lowest BCUT2D eigenvalue weighted by Crippen LogP contribution is -2.35. The first-order chi connectivity index (χ1) is 14.3. The van der Waals surface area contributed by atoms with E-state index in [2.05, 4.69) is 10.6 Å². The minimum absolute atomic E-state index is 0.0100. The Hall–Kier alpha value is -2.71. The molecule has 1 saturated heterocycles. The molecule has 0 unspecified atom stereocenters. The Morgan fingerprint density at radius 3 is 2.47 bits per heavy atom. The molecule has 1 aliphatic rings. The zero-order valence-electron chi connectivity index (χ0n) is 17.3. The van der Waals surface area contributed by atoms with Gasteiger partial charge in [-0.15, -0.1) is 0 Å². The third-order valence-corrected chi connectivity index (χ3v) is 7.05. The van der Waals surface area contributed by atoms with Gasteiger partial charge in [-0.1, -0.05) is 24.6 Å². The number of Topliss-reactive ketones (excluding diaryl/α,β-unsaturated/α-hetero) is 1. The van der Waals surface area contributed by atoms with Crippen molar-refractivity contribution < 1.29 is 18.0 Å². The molecule has 0 atom stereocenters. The molecular formula is C22H27N3O4S. The van der Waals surface area contributed by atoms with Crippen molar-refractivity contribution in [3.05, 3.63) is 53.6 Å². The minimum atomic E-state index is -3.57. The number of amides is 1. The van der Waals surface area contributed by atoms with Crippen molar-refractivity contribution in [3.8, 4) is 0 Å². The van der Waals surface area contributed by atoms with Crippen LogP contribution in [0.2, 0.25) is 0 Å². The van der Waals surface area contributed by atoms with Crippen LogP contribution < -0.4 is 10.6 Å². The average molecular weight is 430 g/mol. The van der Waals surface area contributed by atoms with Crippen molar-refractivity contribution in [2.45, 2.75) is 38.0 Å². The van der Waals surface area contributed by atoms with Crippen LogP contribution in [-0.2, 0) is 14.8 Å². The Labute approximate surface area is 177 Å². The summed E-state index contributed by atoms with van der Waals surface area (Å²) in [6.45, 7) is 4.35. The van der Waals surface area contributed by atoms with Gasteiger partial charge in [-0.2, -0.15) is 4.31 Å². The van der Waals surface area contributed by atoms with E-state index >= 15 is 0 Å². The van der Waals surface area contributed by atoms with E-state index in [1.165, 1.54) is 17.3 Å². The lowest BCUT2D eigenvalue weighted by atomic mass is 10.1. The molecule has 160 valence electrons. The van der Waals surface area contributed by atoms with E-state index in [1.807, 2.05) is 6.92 Å². The summed E-state index contributed by atoms with van der Waals surface area (Å²) in [5, 5.41) is 5.77. The van der Waals surface area contributed by atoms with Crippen LogP contribution in [0.5, 0.6) is 0 Å². The second-order valence-corrected chi connectivity index (χ2v) is 9.42. The van der Waals surface area contributed by atoms with Gasteiger partial charge < -0.3 is 10.6 Å². The minimum Gasteiger partial charge on any atom is -0.376 e. The molecule has 8 heteroatoms. The highest BCUT2D eigenvalue weighted by Gasteiger charge is 2.26. The maximum absolute atomic E-state index is 12.9. The van der Waals surface area contributed by atoms with Crippen molar-refractivity contribution in [2.75, 3.05) is 30.3 Å². The van der Waals surface area contributed by atoms with Gasteiger partial charge in [0, 0.05) is 30.0 Å². The normalized spacial score (nSPS) is 14.9. The van der Waals surface area contributed by atoms with E-state index in [9.17, 15) is 18.0 Å². The number of hydrogen-bond acceptors (Lipinski definition) is 5. The third kappa shape index (κ3) is 5.25. The fourth-order valence-corrected chi connectivity index (χ4v) is 4.92. The molecule has 30 heavy (non-hydrogen) atoms. The molecule has 0 aliphatic carbocycles. The fourth-order valence-electron chi connectivity index (χ4n) is 3.38. The Morgan fingerprint density at radius 2 is 1.77 bits per heavy atom. The van der Waals surface area contributed by atoms with Crippen LogP contribution in [0.3, 0.4) is 0 Å². The molecule has 1 heterocycles. The highest BCUT2D eigenvalue weighted by molar-refractivity contribution is 7.89. The number of piperidine rings is 1. The fraction of sp³-hybridized carbons (Fsp3) is 0.364. The number of nitrogens with one attached hydrogen (secondary N) is 2. The van der Waals surface area contributed by atoms with Gasteiger partial charge in [0.2, 0.25) is 15.9 Å². The molecular weight excluding hydrogens is 402 g/mol. The first-order valence-corrected chi connectivity index (χ1v) is 11.5. The summed E-state index contributed by atoms with van der Waals surface area (Å²) >= 11 is 0. The number of benzene rings is 2. The number of aryl methyl sites for hydroxylation is 1. The number of sulfonamides is 1. The average Bonchev–Trinajstić information content (AvgIpc) is 2.74. The van der Waals surface area contributed by atoms with Crippen LogP contribution >= 0.6 is 0 Å². The van der Waals surface area contributed by atoms with E-state index in [0.29, 0.717) is 30.0 Å². The summed E-state index contributed by atoms with van der Waals surface area (Å²) < 4.78 is 27.3. The van der Waals surface area contributed by atoms with Gasteiger partial charge in [-0.3, -0.25) is 9.59 Å². The summed E-state index contributed by atoms with van der Waals surface area (Å²) in [6, 6.07) is 11.7. The van der Waals surface area contributed by atoms with Crippen LogP contribution in [0.15, 0.2) is 47.4 Å². The number of anilines is 2. The van der Waals surface area contributed by atoms with Crippen molar-refractivity contribution in [1.29, 1.82) is 0 Å². The van der Waals surface area contributed by atoms with Crippen molar-refractivity contribution in [2.24, 2.45) is 0 Å². The topological polar surface area (TPSA) is 95.6 Å². The molecule has 2 aromatic rings. The van der Waals surface area contributed by atoms with Crippen LogP contribution in [0.4, 0.5) is 11.4 Å². The quantitative estimate of drug-likeness (QED) is 0.658. The molecule has 0 spiro atoms. The Kier molecular flexibility index (Phi) is 6.89. The second kappa shape index (κ2) is 9.40. The number of carbonyl (C=O) groups excluding carboxylic acids is 2. The molecule has 0 aromatic heterocycles. The zero-order chi connectivity index (χ0) is 21.7. The SMILES string of the molecule is CC(=O)c1cccc(NCC(=O)Nc2cc(S(=O)(=O)N3CCCCC3)ccc2C)c1. The largest absolute Gasteiger partial charge is 0.376 e. The van der Waals surface area contributed by atoms with E-state index in [0.717, 1.165) is 24.8 Å². The van der Waals surface area contributed by atoms with E-state index in [1.54, 1.807) is 36.4 Å². The van der Waals surface area contributed by atoms with Crippen LogP contribution in [0.25, 0.3) is 0 Å². The summed E-state index contributed by atoms with van der Waals surface area (Å²) in [4.78, 5) is 24.1. The number of nitrogens with zero attached hydrogens (tertiary/aromatic N) is 1. The van der Waals surface area contributed by atoms with Gasteiger partial charge in [-0.05, 0) is 56.5 Å². The third-order valence-electron chi connectivity index (χ3n) is 5.16. The lowest BCUT2D eigenvalue weighted by molar-refractivity contribution is -0.114. The highest BCUT2D eigenvalue weighted by atomic mass is 32.2.